The molecule has 0 aliphatic rings. The number of methoxy groups -OCH3 is 2. The predicted molar refractivity (Wildman–Crippen MR) is 102 cm³/mol. The van der Waals surface area contributed by atoms with Crippen molar-refractivity contribution in [2.45, 2.75) is 30.8 Å². The van der Waals surface area contributed by atoms with Crippen molar-refractivity contribution in [1.29, 1.82) is 0 Å². The number of carbonyl (C=O) groups excluding carboxylic acids is 1. The summed E-state index contributed by atoms with van der Waals surface area (Å²) in [5.41, 5.74) is 0.699. The van der Waals surface area contributed by atoms with E-state index in [2.05, 4.69) is 10.0 Å². The van der Waals surface area contributed by atoms with Crippen LogP contribution in [-0.4, -0.2) is 34.6 Å². The molecule has 0 radical (unpaired) electrons. The Morgan fingerprint density at radius 1 is 1.00 bits per heavy atom. The zero-order chi connectivity index (χ0) is 20.9. The number of ether oxygens (including phenoxy) is 2. The Bertz CT molecular complexity index is 932. The van der Waals surface area contributed by atoms with Crippen LogP contribution in [0.4, 0.5) is 4.39 Å². The molecule has 9 heteroatoms. The third-order valence-electron chi connectivity index (χ3n) is 4.12. The molecule has 0 aliphatic carbocycles. The number of hydrogen-bond acceptors (Lipinski definition) is 5. The monoisotopic (exact) mass is 410 g/mol. The van der Waals surface area contributed by atoms with Crippen LogP contribution in [-0.2, 0) is 14.8 Å². The van der Waals surface area contributed by atoms with Crippen LogP contribution < -0.4 is 19.5 Å². The van der Waals surface area contributed by atoms with Gasteiger partial charge in [-0.15, -0.1) is 0 Å². The number of halogens is 1. The molecule has 1 amide bonds. The highest BCUT2D eigenvalue weighted by Crippen LogP contribution is 2.29. The van der Waals surface area contributed by atoms with E-state index in [0.29, 0.717) is 11.3 Å². The molecule has 0 aromatic heterocycles. The summed E-state index contributed by atoms with van der Waals surface area (Å²) >= 11 is 0. The van der Waals surface area contributed by atoms with E-state index in [4.69, 9.17) is 9.47 Å². The van der Waals surface area contributed by atoms with E-state index in [-0.39, 0.29) is 16.5 Å². The lowest BCUT2D eigenvalue weighted by atomic mass is 10.1. The molecule has 0 saturated heterocycles. The highest BCUT2D eigenvalue weighted by Gasteiger charge is 2.24. The standard InChI is InChI=1S/C19H23FN2O5S/c1-12(14-5-7-15(20)8-6-14)21-19(23)13(2)22-28(24,25)16-9-10-17(26-3)18(11-16)27-4/h5-13,22H,1-4H3,(H,21,23)/t12-,13+/m0/s1. The molecule has 2 aromatic rings. The Morgan fingerprint density at radius 3 is 2.18 bits per heavy atom. The molecule has 2 rings (SSSR count). The fourth-order valence-electron chi connectivity index (χ4n) is 2.51. The Kier molecular flexibility index (Phi) is 6.98. The molecule has 7 nitrogen and oxygen atoms in total. The third kappa shape index (κ3) is 5.20. The predicted octanol–water partition coefficient (Wildman–Crippen LogP) is 2.39. The molecule has 0 fully saturated rings. The SMILES string of the molecule is COc1ccc(S(=O)(=O)N[C@H](C)C(=O)N[C@@H](C)c2ccc(F)cc2)cc1OC. The quantitative estimate of drug-likeness (QED) is 0.697. The molecule has 28 heavy (non-hydrogen) atoms. The van der Waals surface area contributed by atoms with Crippen LogP contribution in [0.5, 0.6) is 11.5 Å². The van der Waals surface area contributed by atoms with Crippen LogP contribution in [0.1, 0.15) is 25.5 Å². The highest BCUT2D eigenvalue weighted by atomic mass is 32.2. The first-order valence-electron chi connectivity index (χ1n) is 8.48. The number of benzene rings is 2. The number of rotatable bonds is 8. The average molecular weight is 410 g/mol. The van der Waals surface area contributed by atoms with Gasteiger partial charge in [-0.05, 0) is 43.7 Å². The largest absolute Gasteiger partial charge is 0.493 e. The van der Waals surface area contributed by atoms with Gasteiger partial charge >= 0.3 is 0 Å². The third-order valence-corrected chi connectivity index (χ3v) is 5.66. The van der Waals surface area contributed by atoms with Crippen LogP contribution in [0.2, 0.25) is 0 Å². The van der Waals surface area contributed by atoms with Gasteiger partial charge in [0.25, 0.3) is 0 Å². The summed E-state index contributed by atoms with van der Waals surface area (Å²) in [6, 6.07) is 8.39. The van der Waals surface area contributed by atoms with Gasteiger partial charge in [0.15, 0.2) is 11.5 Å². The molecule has 0 unspecified atom stereocenters. The minimum Gasteiger partial charge on any atom is -0.493 e. The van der Waals surface area contributed by atoms with Crippen molar-refractivity contribution < 1.29 is 27.1 Å². The molecule has 0 bridgehead atoms. The van der Waals surface area contributed by atoms with E-state index in [9.17, 15) is 17.6 Å². The van der Waals surface area contributed by atoms with Gasteiger partial charge in [-0.3, -0.25) is 4.79 Å². The molecular formula is C19H23FN2O5S. The molecule has 152 valence electrons. The highest BCUT2D eigenvalue weighted by molar-refractivity contribution is 7.89. The number of hydrogen-bond donors (Lipinski definition) is 2. The fourth-order valence-corrected chi connectivity index (χ4v) is 3.73. The van der Waals surface area contributed by atoms with Crippen LogP contribution >= 0.6 is 0 Å². The van der Waals surface area contributed by atoms with Crippen LogP contribution in [0, 0.1) is 5.82 Å². The second kappa shape index (κ2) is 9.03. The second-order valence-corrected chi connectivity index (χ2v) is 7.86. The van der Waals surface area contributed by atoms with Crippen molar-refractivity contribution in [3.8, 4) is 11.5 Å². The molecule has 0 spiro atoms. The minimum absolute atomic E-state index is 0.0589. The second-order valence-electron chi connectivity index (χ2n) is 6.14. The van der Waals surface area contributed by atoms with Crippen LogP contribution in [0.3, 0.4) is 0 Å². The zero-order valence-electron chi connectivity index (χ0n) is 16.0. The first-order chi connectivity index (χ1) is 13.2. The van der Waals surface area contributed by atoms with E-state index in [1.54, 1.807) is 19.1 Å². The number of sulfonamides is 1. The van der Waals surface area contributed by atoms with Crippen molar-refractivity contribution >= 4 is 15.9 Å². The molecule has 2 atom stereocenters. The van der Waals surface area contributed by atoms with E-state index in [0.717, 1.165) is 0 Å². The maximum atomic E-state index is 13.0. The van der Waals surface area contributed by atoms with Crippen LogP contribution in [0.15, 0.2) is 47.4 Å². The van der Waals surface area contributed by atoms with Gasteiger partial charge in [-0.25, -0.2) is 12.8 Å². The summed E-state index contributed by atoms with van der Waals surface area (Å²) in [7, 11) is -1.12. The first-order valence-corrected chi connectivity index (χ1v) is 9.96. The Morgan fingerprint density at radius 2 is 1.61 bits per heavy atom. The molecule has 0 aliphatic heterocycles. The normalized spacial score (nSPS) is 13.5. The lowest BCUT2D eigenvalue weighted by Crippen LogP contribution is -2.45. The zero-order valence-corrected chi connectivity index (χ0v) is 16.8. The van der Waals surface area contributed by atoms with Gasteiger partial charge in [-0.2, -0.15) is 4.72 Å². The van der Waals surface area contributed by atoms with E-state index < -0.39 is 28.0 Å². The van der Waals surface area contributed by atoms with Crippen molar-refractivity contribution in [2.24, 2.45) is 0 Å². The summed E-state index contributed by atoms with van der Waals surface area (Å²) in [6.07, 6.45) is 0. The summed E-state index contributed by atoms with van der Waals surface area (Å²) in [6.45, 7) is 3.16. The van der Waals surface area contributed by atoms with E-state index in [1.807, 2.05) is 0 Å². The summed E-state index contributed by atoms with van der Waals surface area (Å²) in [4.78, 5) is 12.3. The molecule has 2 aromatic carbocycles. The smallest absolute Gasteiger partial charge is 0.241 e. The van der Waals surface area contributed by atoms with Gasteiger partial charge in [0.05, 0.1) is 31.2 Å². The molecule has 0 saturated carbocycles. The van der Waals surface area contributed by atoms with Gasteiger partial charge in [0.2, 0.25) is 15.9 Å². The minimum atomic E-state index is -3.96. The molecular weight excluding hydrogens is 387 g/mol. The fraction of sp³-hybridized carbons (Fsp3) is 0.316. The maximum absolute atomic E-state index is 13.0. The number of nitrogens with one attached hydrogen (secondary N) is 2. The lowest BCUT2D eigenvalue weighted by molar-refractivity contribution is -0.123. The lowest BCUT2D eigenvalue weighted by Gasteiger charge is -2.19. The summed E-state index contributed by atoms with van der Waals surface area (Å²) < 4.78 is 50.7. The number of amides is 1. The first kappa shape index (κ1) is 21.6. The molecule has 2 N–H and O–H groups in total. The Hall–Kier alpha value is -2.65. The summed E-state index contributed by atoms with van der Waals surface area (Å²) in [5.74, 6) is -0.244. The van der Waals surface area contributed by atoms with Gasteiger partial charge < -0.3 is 14.8 Å². The summed E-state index contributed by atoms with van der Waals surface area (Å²) in [5, 5.41) is 2.70. The average Bonchev–Trinajstić information content (AvgIpc) is 2.67. The van der Waals surface area contributed by atoms with Gasteiger partial charge in [-0.1, -0.05) is 12.1 Å². The van der Waals surface area contributed by atoms with Crippen molar-refractivity contribution in [3.63, 3.8) is 0 Å². The maximum Gasteiger partial charge on any atom is 0.241 e. The Labute approximate surface area is 163 Å². The molecule has 0 heterocycles. The van der Waals surface area contributed by atoms with Crippen molar-refractivity contribution in [1.82, 2.24) is 10.0 Å². The van der Waals surface area contributed by atoms with Gasteiger partial charge in [0.1, 0.15) is 5.82 Å². The van der Waals surface area contributed by atoms with E-state index in [1.165, 1.54) is 51.5 Å². The Balaban J connectivity index is 2.08. The van der Waals surface area contributed by atoms with E-state index >= 15 is 0 Å². The topological polar surface area (TPSA) is 93.7 Å². The number of carbonyl (C=O) groups is 1. The van der Waals surface area contributed by atoms with Crippen LogP contribution in [0.25, 0.3) is 0 Å². The van der Waals surface area contributed by atoms with Crippen molar-refractivity contribution in [2.75, 3.05) is 14.2 Å². The van der Waals surface area contributed by atoms with Gasteiger partial charge in [0, 0.05) is 6.07 Å². The van der Waals surface area contributed by atoms with Crippen molar-refractivity contribution in [3.05, 3.63) is 53.8 Å².